The zero-order valence-corrected chi connectivity index (χ0v) is 8.64. The average molecular weight is 220 g/mol. The summed E-state index contributed by atoms with van der Waals surface area (Å²) < 4.78 is 0. The number of hydrogen-bond donors (Lipinski definition) is 2. The predicted molar refractivity (Wildman–Crippen MR) is 57.7 cm³/mol. The van der Waals surface area contributed by atoms with E-state index in [0.717, 1.165) is 0 Å². The summed E-state index contributed by atoms with van der Waals surface area (Å²) in [7, 11) is 0. The van der Waals surface area contributed by atoms with Crippen LogP contribution in [0.3, 0.4) is 0 Å². The molecule has 1 aromatic carbocycles. The largest absolute Gasteiger partial charge is 0.392 e. The third-order valence-electron chi connectivity index (χ3n) is 2.51. The van der Waals surface area contributed by atoms with Crippen molar-refractivity contribution in [2.75, 3.05) is 18.0 Å². The Morgan fingerprint density at radius 3 is 2.81 bits per heavy atom. The molecule has 0 aliphatic carbocycles. The smallest absolute Gasteiger partial charge is 0.316 e. The minimum Gasteiger partial charge on any atom is -0.392 e. The van der Waals surface area contributed by atoms with Gasteiger partial charge in [-0.3, -0.25) is 9.59 Å². The molecule has 1 heterocycles. The van der Waals surface area contributed by atoms with Crippen molar-refractivity contribution < 1.29 is 14.7 Å². The standard InChI is InChI=1S/C11H12N2O3/c14-7-8-3-1-2-4-9(8)13-6-5-12-10(15)11(13)16/h1-4,14H,5-7H2,(H,12,15). The van der Waals surface area contributed by atoms with Crippen molar-refractivity contribution in [2.24, 2.45) is 0 Å². The Balaban J connectivity index is 2.35. The number of amides is 2. The van der Waals surface area contributed by atoms with Crippen molar-refractivity contribution in [1.29, 1.82) is 0 Å². The van der Waals surface area contributed by atoms with Gasteiger partial charge < -0.3 is 15.3 Å². The molecule has 0 saturated carbocycles. The number of para-hydroxylation sites is 1. The molecule has 16 heavy (non-hydrogen) atoms. The lowest BCUT2D eigenvalue weighted by molar-refractivity contribution is -0.138. The lowest BCUT2D eigenvalue weighted by Gasteiger charge is -2.27. The van der Waals surface area contributed by atoms with E-state index < -0.39 is 11.8 Å². The number of carbonyl (C=O) groups is 2. The second-order valence-corrected chi connectivity index (χ2v) is 3.50. The third-order valence-corrected chi connectivity index (χ3v) is 2.51. The normalized spacial score (nSPS) is 16.2. The van der Waals surface area contributed by atoms with Gasteiger partial charge in [0, 0.05) is 24.3 Å². The number of nitrogens with one attached hydrogen (secondary N) is 1. The van der Waals surface area contributed by atoms with Crippen LogP contribution in [0.25, 0.3) is 0 Å². The highest BCUT2D eigenvalue weighted by Crippen LogP contribution is 2.21. The van der Waals surface area contributed by atoms with Gasteiger partial charge in [-0.2, -0.15) is 0 Å². The summed E-state index contributed by atoms with van der Waals surface area (Å²) in [5, 5.41) is 11.6. The summed E-state index contributed by atoms with van der Waals surface area (Å²) in [5.41, 5.74) is 1.25. The molecule has 1 aliphatic rings. The summed E-state index contributed by atoms with van der Waals surface area (Å²) in [5.74, 6) is -1.17. The average Bonchev–Trinajstić information content (AvgIpc) is 2.33. The van der Waals surface area contributed by atoms with E-state index in [4.69, 9.17) is 5.11 Å². The molecule has 1 saturated heterocycles. The number of nitrogens with zero attached hydrogens (tertiary/aromatic N) is 1. The van der Waals surface area contributed by atoms with Crippen LogP contribution in [0, 0.1) is 0 Å². The molecule has 2 rings (SSSR count). The van der Waals surface area contributed by atoms with Crippen LogP contribution in [-0.4, -0.2) is 30.0 Å². The molecule has 1 fully saturated rings. The van der Waals surface area contributed by atoms with Crippen LogP contribution in [0.4, 0.5) is 5.69 Å². The molecule has 2 amide bonds. The first-order chi connectivity index (χ1) is 7.74. The minimum absolute atomic E-state index is 0.151. The fraction of sp³-hybridized carbons (Fsp3) is 0.273. The van der Waals surface area contributed by atoms with Gasteiger partial charge in [-0.1, -0.05) is 18.2 Å². The Hall–Kier alpha value is -1.88. The van der Waals surface area contributed by atoms with E-state index in [2.05, 4.69) is 5.32 Å². The van der Waals surface area contributed by atoms with Crippen LogP contribution in [0.1, 0.15) is 5.56 Å². The summed E-state index contributed by atoms with van der Waals surface area (Å²) in [6, 6.07) is 7.01. The maximum Gasteiger partial charge on any atom is 0.316 e. The molecular weight excluding hydrogens is 208 g/mol. The molecule has 0 aromatic heterocycles. The quantitative estimate of drug-likeness (QED) is 0.669. The molecule has 84 valence electrons. The van der Waals surface area contributed by atoms with E-state index in [1.54, 1.807) is 24.3 Å². The van der Waals surface area contributed by atoms with E-state index in [0.29, 0.717) is 24.3 Å². The Labute approximate surface area is 92.7 Å². The zero-order valence-electron chi connectivity index (χ0n) is 8.64. The number of hydrogen-bond acceptors (Lipinski definition) is 3. The molecule has 5 nitrogen and oxygen atoms in total. The van der Waals surface area contributed by atoms with Gasteiger partial charge in [-0.15, -0.1) is 0 Å². The van der Waals surface area contributed by atoms with Gasteiger partial charge in [-0.25, -0.2) is 0 Å². The topological polar surface area (TPSA) is 69.6 Å². The Morgan fingerprint density at radius 1 is 1.31 bits per heavy atom. The molecule has 2 N–H and O–H groups in total. The number of rotatable bonds is 2. The number of benzene rings is 1. The molecular formula is C11H12N2O3. The van der Waals surface area contributed by atoms with Crippen molar-refractivity contribution in [2.45, 2.75) is 6.61 Å². The van der Waals surface area contributed by atoms with E-state index >= 15 is 0 Å². The highest BCUT2D eigenvalue weighted by atomic mass is 16.3. The lowest BCUT2D eigenvalue weighted by atomic mass is 10.1. The van der Waals surface area contributed by atoms with Crippen LogP contribution in [0.15, 0.2) is 24.3 Å². The highest BCUT2D eigenvalue weighted by molar-refractivity contribution is 6.41. The molecule has 0 unspecified atom stereocenters. The van der Waals surface area contributed by atoms with E-state index in [1.807, 2.05) is 0 Å². The van der Waals surface area contributed by atoms with Gasteiger partial charge in [-0.05, 0) is 6.07 Å². The summed E-state index contributed by atoms with van der Waals surface area (Å²) in [4.78, 5) is 24.2. The number of aliphatic hydroxyl groups excluding tert-OH is 1. The van der Waals surface area contributed by atoms with Crippen molar-refractivity contribution in [1.82, 2.24) is 5.32 Å². The fourth-order valence-corrected chi connectivity index (χ4v) is 1.72. The molecule has 0 bridgehead atoms. The number of anilines is 1. The summed E-state index contributed by atoms with van der Waals surface area (Å²) >= 11 is 0. The lowest BCUT2D eigenvalue weighted by Crippen LogP contribution is -2.52. The molecule has 5 heteroatoms. The van der Waals surface area contributed by atoms with Gasteiger partial charge in [0.2, 0.25) is 0 Å². The first-order valence-electron chi connectivity index (χ1n) is 5.02. The number of piperazine rings is 1. The number of aliphatic hydroxyl groups is 1. The van der Waals surface area contributed by atoms with E-state index in [-0.39, 0.29) is 6.61 Å². The second-order valence-electron chi connectivity index (χ2n) is 3.50. The Kier molecular flexibility index (Phi) is 2.87. The molecule has 0 atom stereocenters. The van der Waals surface area contributed by atoms with E-state index in [1.165, 1.54) is 4.90 Å². The van der Waals surface area contributed by atoms with Gasteiger partial charge in [0.1, 0.15) is 0 Å². The molecule has 1 aliphatic heterocycles. The maximum absolute atomic E-state index is 11.6. The first kappa shape index (κ1) is 10.6. The highest BCUT2D eigenvalue weighted by Gasteiger charge is 2.28. The summed E-state index contributed by atoms with van der Waals surface area (Å²) in [6.45, 7) is 0.716. The predicted octanol–water partition coefficient (Wildman–Crippen LogP) is -0.358. The molecule has 1 aromatic rings. The van der Waals surface area contributed by atoms with Crippen molar-refractivity contribution in [3.8, 4) is 0 Å². The molecule has 0 spiro atoms. The molecule has 0 radical (unpaired) electrons. The van der Waals surface area contributed by atoms with Gasteiger partial charge >= 0.3 is 11.8 Å². The van der Waals surface area contributed by atoms with Gasteiger partial charge in [0.15, 0.2) is 0 Å². The van der Waals surface area contributed by atoms with Crippen molar-refractivity contribution in [3.05, 3.63) is 29.8 Å². The van der Waals surface area contributed by atoms with Gasteiger partial charge in [0.25, 0.3) is 0 Å². The van der Waals surface area contributed by atoms with Crippen LogP contribution in [0.5, 0.6) is 0 Å². The van der Waals surface area contributed by atoms with Crippen LogP contribution in [0.2, 0.25) is 0 Å². The van der Waals surface area contributed by atoms with Gasteiger partial charge in [0.05, 0.1) is 6.61 Å². The first-order valence-corrected chi connectivity index (χ1v) is 5.02. The monoisotopic (exact) mass is 220 g/mol. The van der Waals surface area contributed by atoms with Crippen LogP contribution < -0.4 is 10.2 Å². The van der Waals surface area contributed by atoms with Crippen LogP contribution >= 0.6 is 0 Å². The van der Waals surface area contributed by atoms with Crippen molar-refractivity contribution in [3.63, 3.8) is 0 Å². The maximum atomic E-state index is 11.6. The van der Waals surface area contributed by atoms with E-state index in [9.17, 15) is 9.59 Å². The minimum atomic E-state index is -0.598. The SMILES string of the molecule is O=C1NCCN(c2ccccc2CO)C1=O. The van der Waals surface area contributed by atoms with Crippen LogP contribution in [-0.2, 0) is 16.2 Å². The number of carbonyl (C=O) groups excluding carboxylic acids is 2. The Bertz CT molecular complexity index is 431. The van der Waals surface area contributed by atoms with Crippen molar-refractivity contribution >= 4 is 17.5 Å². The summed E-state index contributed by atoms with van der Waals surface area (Å²) in [6.07, 6.45) is 0. The third kappa shape index (κ3) is 1.77. The fourth-order valence-electron chi connectivity index (χ4n) is 1.72. The zero-order chi connectivity index (χ0) is 11.5. The second kappa shape index (κ2) is 4.32. The Morgan fingerprint density at radius 2 is 2.06 bits per heavy atom.